The van der Waals surface area contributed by atoms with Crippen LogP contribution in [0.4, 0.5) is 5.69 Å². The molecule has 0 fully saturated rings. The first-order valence-corrected chi connectivity index (χ1v) is 9.34. The van der Waals surface area contributed by atoms with Crippen LogP contribution in [0.3, 0.4) is 0 Å². The fourth-order valence-corrected chi connectivity index (χ4v) is 3.84. The highest BCUT2D eigenvalue weighted by Crippen LogP contribution is 2.31. The number of hydrogen-bond donors (Lipinski definition) is 2. The molecule has 0 bridgehead atoms. The van der Waals surface area contributed by atoms with Gasteiger partial charge in [0.15, 0.2) is 5.78 Å². The number of nitrogens with one attached hydrogen (secondary N) is 1. The number of fused-ring (bicyclic) bond motifs is 1. The van der Waals surface area contributed by atoms with Crippen molar-refractivity contribution in [2.75, 3.05) is 11.9 Å². The van der Waals surface area contributed by atoms with E-state index in [4.69, 9.17) is 0 Å². The third-order valence-corrected chi connectivity index (χ3v) is 5.18. The van der Waals surface area contributed by atoms with Crippen LogP contribution in [0.2, 0.25) is 0 Å². The van der Waals surface area contributed by atoms with Crippen molar-refractivity contribution in [2.24, 2.45) is 0 Å². The van der Waals surface area contributed by atoms with Gasteiger partial charge in [-0.15, -0.1) is 0 Å². The lowest BCUT2D eigenvalue weighted by molar-refractivity contribution is -0.139. The van der Waals surface area contributed by atoms with Crippen molar-refractivity contribution >= 4 is 23.3 Å². The quantitative estimate of drug-likeness (QED) is 0.803. The molecule has 0 aromatic heterocycles. The molecule has 2 N–H and O–H groups in total. The predicted octanol–water partition coefficient (Wildman–Crippen LogP) is 3.29. The smallest absolute Gasteiger partial charge is 0.317 e. The van der Waals surface area contributed by atoms with Crippen molar-refractivity contribution in [3.8, 4) is 0 Å². The first-order chi connectivity index (χ1) is 13.4. The van der Waals surface area contributed by atoms with Crippen LogP contribution in [-0.2, 0) is 16.0 Å². The van der Waals surface area contributed by atoms with Crippen LogP contribution in [0.15, 0.2) is 48.5 Å². The van der Waals surface area contributed by atoms with Gasteiger partial charge in [0, 0.05) is 24.2 Å². The minimum absolute atomic E-state index is 0.0698. The number of anilines is 1. The average Bonchev–Trinajstić information content (AvgIpc) is 2.66. The van der Waals surface area contributed by atoms with Gasteiger partial charge in [-0.25, -0.2) is 0 Å². The molecule has 3 rings (SSSR count). The predicted molar refractivity (Wildman–Crippen MR) is 106 cm³/mol. The minimum Gasteiger partial charge on any atom is -0.480 e. The van der Waals surface area contributed by atoms with E-state index in [0.29, 0.717) is 24.1 Å². The van der Waals surface area contributed by atoms with E-state index in [2.05, 4.69) is 5.32 Å². The van der Waals surface area contributed by atoms with Gasteiger partial charge in [-0.05, 0) is 49.1 Å². The Hall–Kier alpha value is -2.99. The Morgan fingerprint density at radius 1 is 1.21 bits per heavy atom. The highest BCUT2D eigenvalue weighted by molar-refractivity contribution is 6.03. The largest absolute Gasteiger partial charge is 0.480 e. The number of Topliss-reactive ketones (excluding diaryl/α,β-unsaturated/α-hetero) is 1. The molecule has 0 aliphatic heterocycles. The topological polar surface area (TPSA) is 86.7 Å². The average molecular weight is 380 g/mol. The Balaban J connectivity index is 1.89. The third-order valence-electron chi connectivity index (χ3n) is 5.18. The number of amides is 1. The summed E-state index contributed by atoms with van der Waals surface area (Å²) < 4.78 is 0. The summed E-state index contributed by atoms with van der Waals surface area (Å²) in [6, 6.07) is 14.2. The molecular formula is C22H24N2O4. The van der Waals surface area contributed by atoms with E-state index in [1.807, 2.05) is 43.3 Å². The molecule has 1 aliphatic rings. The summed E-state index contributed by atoms with van der Waals surface area (Å²) >= 11 is 0. The van der Waals surface area contributed by atoms with Gasteiger partial charge in [-0.2, -0.15) is 0 Å². The molecule has 1 aliphatic carbocycles. The number of aryl methyl sites for hydroxylation is 1. The van der Waals surface area contributed by atoms with Crippen molar-refractivity contribution in [2.45, 2.75) is 38.8 Å². The lowest BCUT2D eigenvalue weighted by Gasteiger charge is -2.37. The van der Waals surface area contributed by atoms with E-state index in [1.165, 1.54) is 6.92 Å². The maximum Gasteiger partial charge on any atom is 0.317 e. The first-order valence-electron chi connectivity index (χ1n) is 9.34. The minimum atomic E-state index is -0.956. The zero-order valence-electron chi connectivity index (χ0n) is 16.0. The summed E-state index contributed by atoms with van der Waals surface area (Å²) in [4.78, 5) is 37.7. The van der Waals surface area contributed by atoms with Gasteiger partial charge >= 0.3 is 5.97 Å². The number of hydrogen-bond acceptors (Lipinski definition) is 4. The number of aliphatic carboxylic acids is 1. The maximum absolute atomic E-state index is 13.2. The van der Waals surface area contributed by atoms with Crippen molar-refractivity contribution in [1.82, 2.24) is 4.90 Å². The lowest BCUT2D eigenvalue weighted by atomic mass is 9.85. The van der Waals surface area contributed by atoms with Gasteiger partial charge in [-0.3, -0.25) is 19.3 Å². The summed E-state index contributed by atoms with van der Waals surface area (Å²) in [5.41, 5.74) is 3.12. The molecule has 6 heteroatoms. The molecule has 1 amide bonds. The molecular weight excluding hydrogens is 356 g/mol. The molecule has 0 heterocycles. The normalized spacial score (nSPS) is 17.1. The molecule has 0 saturated carbocycles. The van der Waals surface area contributed by atoms with Gasteiger partial charge in [0.1, 0.15) is 0 Å². The summed E-state index contributed by atoms with van der Waals surface area (Å²) in [6.45, 7) is 3.17. The molecule has 146 valence electrons. The molecule has 2 atom stereocenters. The van der Waals surface area contributed by atoms with E-state index >= 15 is 0 Å². The van der Waals surface area contributed by atoms with E-state index in [1.54, 1.807) is 17.0 Å². The number of ketones is 1. The summed E-state index contributed by atoms with van der Waals surface area (Å²) in [5.74, 6) is -1.19. The van der Waals surface area contributed by atoms with Gasteiger partial charge < -0.3 is 10.4 Å². The highest BCUT2D eigenvalue weighted by atomic mass is 16.4. The number of rotatable bonds is 6. The van der Waals surface area contributed by atoms with Crippen LogP contribution in [0, 0.1) is 0 Å². The van der Waals surface area contributed by atoms with Crippen molar-refractivity contribution < 1.29 is 19.5 Å². The molecule has 0 saturated heterocycles. The molecule has 0 spiro atoms. The fourth-order valence-electron chi connectivity index (χ4n) is 3.84. The van der Waals surface area contributed by atoms with Crippen LogP contribution >= 0.6 is 0 Å². The van der Waals surface area contributed by atoms with Crippen LogP contribution in [-0.4, -0.2) is 40.3 Å². The van der Waals surface area contributed by atoms with Crippen molar-refractivity contribution in [3.63, 3.8) is 0 Å². The number of nitrogens with zero attached hydrogens (tertiary/aromatic N) is 1. The Morgan fingerprint density at radius 2 is 1.93 bits per heavy atom. The third kappa shape index (κ3) is 4.28. The van der Waals surface area contributed by atoms with Crippen LogP contribution in [0.5, 0.6) is 0 Å². The molecule has 2 aromatic carbocycles. The summed E-state index contributed by atoms with van der Waals surface area (Å²) in [7, 11) is 0. The number of carbonyl (C=O) groups is 3. The Bertz CT molecular complexity index is 895. The van der Waals surface area contributed by atoms with Crippen molar-refractivity contribution in [1.29, 1.82) is 0 Å². The van der Waals surface area contributed by atoms with E-state index < -0.39 is 12.0 Å². The van der Waals surface area contributed by atoms with Crippen LogP contribution in [0.1, 0.15) is 47.8 Å². The van der Waals surface area contributed by atoms with E-state index in [-0.39, 0.29) is 24.3 Å². The second-order valence-corrected chi connectivity index (χ2v) is 7.12. The lowest BCUT2D eigenvalue weighted by Crippen LogP contribution is -2.47. The summed E-state index contributed by atoms with van der Waals surface area (Å²) in [5, 5.41) is 12.2. The standard InChI is InChI=1S/C22H24N2O4/c1-14(16-6-4-3-5-7-16)24(13-21(26)27)20-11-8-17-12-18(23-15(2)25)9-10-19(17)22(20)28/h3-7,9-10,12,14,20H,8,11,13H2,1-2H3,(H,23,25)(H,26,27). The molecule has 6 nitrogen and oxygen atoms in total. The number of carbonyl (C=O) groups excluding carboxylic acids is 2. The molecule has 2 unspecified atom stereocenters. The first kappa shape index (κ1) is 19.8. The van der Waals surface area contributed by atoms with Crippen LogP contribution in [0.25, 0.3) is 0 Å². The molecule has 2 aromatic rings. The Kier molecular flexibility index (Phi) is 5.90. The fraction of sp³-hybridized carbons (Fsp3) is 0.318. The zero-order valence-corrected chi connectivity index (χ0v) is 16.0. The van der Waals surface area contributed by atoms with Gasteiger partial charge in [0.25, 0.3) is 0 Å². The zero-order chi connectivity index (χ0) is 20.3. The number of carboxylic acid groups (broad SMARTS) is 1. The van der Waals surface area contributed by atoms with Crippen LogP contribution < -0.4 is 5.32 Å². The molecule has 0 radical (unpaired) electrons. The van der Waals surface area contributed by atoms with Crippen molar-refractivity contribution in [3.05, 3.63) is 65.2 Å². The van der Waals surface area contributed by atoms with Gasteiger partial charge in [0.05, 0.1) is 12.6 Å². The monoisotopic (exact) mass is 380 g/mol. The Labute approximate surface area is 164 Å². The second-order valence-electron chi connectivity index (χ2n) is 7.12. The number of benzene rings is 2. The highest BCUT2D eigenvalue weighted by Gasteiger charge is 2.35. The van der Waals surface area contributed by atoms with E-state index in [9.17, 15) is 19.5 Å². The molecule has 28 heavy (non-hydrogen) atoms. The maximum atomic E-state index is 13.2. The SMILES string of the molecule is CC(=O)Nc1ccc2c(c1)CCC(N(CC(=O)O)C(C)c1ccccc1)C2=O. The van der Waals surface area contributed by atoms with E-state index in [0.717, 1.165) is 11.1 Å². The number of carboxylic acids is 1. The summed E-state index contributed by atoms with van der Waals surface area (Å²) in [6.07, 6.45) is 1.19. The van der Waals surface area contributed by atoms with Gasteiger partial charge in [-0.1, -0.05) is 30.3 Å². The Morgan fingerprint density at radius 3 is 2.57 bits per heavy atom. The van der Waals surface area contributed by atoms with Gasteiger partial charge in [0.2, 0.25) is 5.91 Å². The second kappa shape index (κ2) is 8.35.